The van der Waals surface area contributed by atoms with E-state index < -0.39 is 16.6 Å². The molecule has 2 aromatic carbocycles. The van der Waals surface area contributed by atoms with Crippen molar-refractivity contribution in [1.29, 1.82) is 0 Å². The van der Waals surface area contributed by atoms with Gasteiger partial charge in [0.25, 0.3) is 0 Å². The summed E-state index contributed by atoms with van der Waals surface area (Å²) in [6.45, 7) is 29.4. The molecule has 1 saturated carbocycles. The van der Waals surface area contributed by atoms with Crippen molar-refractivity contribution in [3.8, 4) is 0 Å². The van der Waals surface area contributed by atoms with Gasteiger partial charge >= 0.3 is 0 Å². The minimum atomic E-state index is -1.92. The molecule has 2 nitrogen and oxygen atoms in total. The van der Waals surface area contributed by atoms with E-state index in [1.165, 1.54) is 16.7 Å². The van der Waals surface area contributed by atoms with E-state index in [1.807, 2.05) is 0 Å². The minimum Gasteiger partial charge on any atom is -0.416 e. The Morgan fingerprint density at radius 1 is 0.841 bits per heavy atom. The molecule has 240 valence electrons. The van der Waals surface area contributed by atoms with Crippen LogP contribution >= 0.6 is 0 Å². The number of hydrogen-bond acceptors (Lipinski definition) is 2. The molecule has 0 aromatic heterocycles. The van der Waals surface area contributed by atoms with Gasteiger partial charge in [-0.2, -0.15) is 0 Å². The zero-order valence-electron chi connectivity index (χ0n) is 29.6. The third-order valence-corrected chi connectivity index (χ3v) is 20.9. The topological polar surface area (TPSA) is 18.5 Å². The van der Waals surface area contributed by atoms with E-state index in [4.69, 9.17) is 8.85 Å². The molecule has 3 unspecified atom stereocenters. The normalized spacial score (nSPS) is 22.5. The molecule has 1 fully saturated rings. The molecule has 0 aliphatic heterocycles. The second-order valence-corrected chi connectivity index (χ2v) is 26.3. The van der Waals surface area contributed by atoms with Crippen LogP contribution in [0.4, 0.5) is 0 Å². The van der Waals surface area contributed by atoms with Crippen LogP contribution in [0.1, 0.15) is 84.8 Å². The zero-order valence-corrected chi connectivity index (χ0v) is 31.6. The van der Waals surface area contributed by atoms with Gasteiger partial charge < -0.3 is 8.85 Å². The van der Waals surface area contributed by atoms with Crippen molar-refractivity contribution in [2.75, 3.05) is 13.2 Å². The Morgan fingerprint density at radius 3 is 1.98 bits per heavy atom. The summed E-state index contributed by atoms with van der Waals surface area (Å²) in [5, 5.41) is 0.371. The van der Waals surface area contributed by atoms with Crippen molar-refractivity contribution in [1.82, 2.24) is 0 Å². The SMILES string of the molecule is C=CC(CCC1=CCC2C(=C1)CCC2(CO[Si](C)(C)C(C)(C)C)c1ccccc1)(CO[Si](C)(C)C(C)(C)C)c1ccccc1. The molecule has 0 spiro atoms. The van der Waals surface area contributed by atoms with Gasteiger partial charge in [-0.25, -0.2) is 0 Å². The van der Waals surface area contributed by atoms with Crippen molar-refractivity contribution in [3.63, 3.8) is 0 Å². The first-order valence-electron chi connectivity index (χ1n) is 16.9. The van der Waals surface area contributed by atoms with Crippen molar-refractivity contribution < 1.29 is 8.85 Å². The minimum absolute atomic E-state index is 0.0383. The first kappa shape index (κ1) is 34.9. The van der Waals surface area contributed by atoms with Crippen molar-refractivity contribution >= 4 is 16.6 Å². The Balaban J connectivity index is 1.57. The molecular weight excluding hydrogens is 569 g/mol. The van der Waals surface area contributed by atoms with E-state index in [0.29, 0.717) is 12.5 Å². The quantitative estimate of drug-likeness (QED) is 0.172. The van der Waals surface area contributed by atoms with Crippen LogP contribution < -0.4 is 0 Å². The lowest BCUT2D eigenvalue weighted by Crippen LogP contribution is -2.46. The summed E-state index contributed by atoms with van der Waals surface area (Å²) in [6.07, 6.45) is 12.7. The van der Waals surface area contributed by atoms with E-state index in [1.54, 1.807) is 5.57 Å². The first-order valence-corrected chi connectivity index (χ1v) is 22.7. The fourth-order valence-corrected chi connectivity index (χ4v) is 8.60. The fraction of sp³-hybridized carbons (Fsp3) is 0.550. The highest BCUT2D eigenvalue weighted by Gasteiger charge is 2.49. The van der Waals surface area contributed by atoms with Crippen LogP contribution in [0.25, 0.3) is 0 Å². The number of fused-ring (bicyclic) bond motifs is 1. The molecule has 2 aliphatic rings. The predicted octanol–water partition coefficient (Wildman–Crippen LogP) is 11.5. The van der Waals surface area contributed by atoms with Crippen LogP contribution in [0.2, 0.25) is 36.3 Å². The van der Waals surface area contributed by atoms with E-state index in [0.717, 1.165) is 38.7 Å². The maximum Gasteiger partial charge on any atom is 0.192 e. The van der Waals surface area contributed by atoms with Crippen molar-refractivity contribution in [3.05, 3.63) is 108 Å². The molecule has 4 rings (SSSR count). The molecule has 0 heterocycles. The average Bonchev–Trinajstić information content (AvgIpc) is 3.35. The fourth-order valence-electron chi connectivity index (χ4n) is 6.50. The van der Waals surface area contributed by atoms with Crippen molar-refractivity contribution in [2.24, 2.45) is 5.92 Å². The van der Waals surface area contributed by atoms with E-state index in [9.17, 15) is 0 Å². The second-order valence-electron chi connectivity index (χ2n) is 16.6. The molecule has 2 aliphatic carbocycles. The highest BCUT2D eigenvalue weighted by atomic mass is 28.4. The Hall–Kier alpha value is -1.99. The summed E-state index contributed by atoms with van der Waals surface area (Å²) >= 11 is 0. The summed E-state index contributed by atoms with van der Waals surface area (Å²) in [4.78, 5) is 0. The van der Waals surface area contributed by atoms with Crippen LogP contribution in [0.5, 0.6) is 0 Å². The Bertz CT molecular complexity index is 1330. The maximum atomic E-state index is 7.01. The molecule has 0 amide bonds. The van der Waals surface area contributed by atoms with Gasteiger partial charge in [-0.1, -0.05) is 132 Å². The van der Waals surface area contributed by atoms with Gasteiger partial charge in [-0.3, -0.25) is 0 Å². The van der Waals surface area contributed by atoms with Gasteiger partial charge in [0.05, 0.1) is 0 Å². The molecule has 0 N–H and O–H groups in total. The lowest BCUT2D eigenvalue weighted by Gasteiger charge is -2.43. The van der Waals surface area contributed by atoms with Crippen LogP contribution in [0, 0.1) is 5.92 Å². The highest BCUT2D eigenvalue weighted by Crippen LogP contribution is 2.54. The number of benzene rings is 2. The Labute approximate surface area is 272 Å². The third-order valence-electron chi connectivity index (χ3n) is 11.9. The number of rotatable bonds is 12. The van der Waals surface area contributed by atoms with Crippen LogP contribution in [-0.2, 0) is 19.7 Å². The van der Waals surface area contributed by atoms with Gasteiger partial charge in [0.2, 0.25) is 0 Å². The summed E-state index contributed by atoms with van der Waals surface area (Å²) < 4.78 is 13.9. The monoisotopic (exact) mass is 628 g/mol. The summed E-state index contributed by atoms with van der Waals surface area (Å²) in [5.41, 5.74) is 5.67. The summed E-state index contributed by atoms with van der Waals surface area (Å²) in [6, 6.07) is 22.2. The van der Waals surface area contributed by atoms with Gasteiger partial charge in [-0.15, -0.1) is 6.58 Å². The molecule has 0 radical (unpaired) electrons. The van der Waals surface area contributed by atoms with Gasteiger partial charge in [0, 0.05) is 24.0 Å². The van der Waals surface area contributed by atoms with E-state index in [2.05, 4.69) is 153 Å². The largest absolute Gasteiger partial charge is 0.416 e. The molecule has 0 bridgehead atoms. The van der Waals surface area contributed by atoms with Crippen LogP contribution in [-0.4, -0.2) is 29.8 Å². The second kappa shape index (κ2) is 13.0. The van der Waals surface area contributed by atoms with Crippen molar-refractivity contribution in [2.45, 2.75) is 121 Å². The molecule has 4 heteroatoms. The Morgan fingerprint density at radius 2 is 1.41 bits per heavy atom. The van der Waals surface area contributed by atoms with E-state index in [-0.39, 0.29) is 20.9 Å². The summed E-state index contributed by atoms with van der Waals surface area (Å²) in [7, 11) is -3.79. The molecule has 3 atom stereocenters. The first-order chi connectivity index (χ1) is 20.5. The standard InChI is InChI=1S/C40H60O2Si2/c1-12-39(34-19-15-13-16-20-34,30-41-43(8,9)37(2,3)4)27-25-32-23-24-36-33(29-32)26-28-40(36,35-21-17-14-18-22-35)31-42-44(10,11)38(5,6)7/h12-23,29,36H,1,24-28,30-31H2,2-11H3. The smallest absolute Gasteiger partial charge is 0.192 e. The molecule has 2 aromatic rings. The summed E-state index contributed by atoms with van der Waals surface area (Å²) in [5.74, 6) is 0.499. The molecule has 44 heavy (non-hydrogen) atoms. The number of allylic oxidation sites excluding steroid dienone is 4. The Kier molecular flexibility index (Phi) is 10.3. The van der Waals surface area contributed by atoms with Crippen LogP contribution in [0.3, 0.4) is 0 Å². The third kappa shape index (κ3) is 7.19. The lowest BCUT2D eigenvalue weighted by atomic mass is 9.69. The molecular formula is C40H60O2Si2. The van der Waals surface area contributed by atoms with Gasteiger partial charge in [-0.05, 0) is 85.4 Å². The lowest BCUT2D eigenvalue weighted by molar-refractivity contribution is 0.167. The number of hydrogen-bond donors (Lipinski definition) is 0. The zero-order chi connectivity index (χ0) is 32.4. The predicted molar refractivity (Wildman–Crippen MR) is 195 cm³/mol. The van der Waals surface area contributed by atoms with Crippen LogP contribution in [0.15, 0.2) is 96.6 Å². The van der Waals surface area contributed by atoms with Gasteiger partial charge in [0.1, 0.15) is 0 Å². The average molecular weight is 629 g/mol. The maximum absolute atomic E-state index is 7.01. The van der Waals surface area contributed by atoms with Gasteiger partial charge in [0.15, 0.2) is 16.6 Å². The highest BCUT2D eigenvalue weighted by molar-refractivity contribution is 6.74. The molecule has 0 saturated heterocycles. The van der Waals surface area contributed by atoms with E-state index >= 15 is 0 Å².